The Morgan fingerprint density at radius 1 is 1.33 bits per heavy atom. The lowest BCUT2D eigenvalue weighted by Gasteiger charge is -2.25. The third kappa shape index (κ3) is 4.81. The molecule has 0 fully saturated rings. The highest BCUT2D eigenvalue weighted by molar-refractivity contribution is 14.1. The van der Waals surface area contributed by atoms with Crippen LogP contribution in [-0.2, 0) is 4.74 Å². The van der Waals surface area contributed by atoms with Gasteiger partial charge in [0.15, 0.2) is 0 Å². The largest absolute Gasteiger partial charge is 0.351 e. The molecule has 1 aromatic rings. The van der Waals surface area contributed by atoms with Gasteiger partial charge in [0.05, 0.1) is 11.3 Å². The van der Waals surface area contributed by atoms with Crippen LogP contribution in [0.2, 0.25) is 0 Å². The molecule has 0 aliphatic heterocycles. The standard InChI is InChI=1S/C11H16INO2/c1-11(2,3)15-10(14)13-9-7-5-4-6-8(9)12/h4-7,10,13-14H,1-3H3. The fourth-order valence-electron chi connectivity index (χ4n) is 1.08. The van der Waals surface area contributed by atoms with Gasteiger partial charge in [0.25, 0.3) is 0 Å². The van der Waals surface area contributed by atoms with Crippen LogP contribution in [0.15, 0.2) is 24.3 Å². The average Bonchev–Trinajstić information content (AvgIpc) is 2.05. The summed E-state index contributed by atoms with van der Waals surface area (Å²) < 4.78 is 6.39. The summed E-state index contributed by atoms with van der Waals surface area (Å²) in [6.07, 6.45) is -0.985. The lowest BCUT2D eigenvalue weighted by atomic mass is 10.2. The predicted octanol–water partition coefficient (Wildman–Crippen LogP) is 2.79. The van der Waals surface area contributed by atoms with E-state index in [9.17, 15) is 5.11 Å². The second-order valence-corrected chi connectivity index (χ2v) is 5.37. The van der Waals surface area contributed by atoms with Crippen molar-refractivity contribution >= 4 is 28.3 Å². The normalized spacial score (nSPS) is 13.7. The van der Waals surface area contributed by atoms with Gasteiger partial charge in [0.1, 0.15) is 0 Å². The number of nitrogens with one attached hydrogen (secondary N) is 1. The molecule has 0 amide bonds. The number of anilines is 1. The van der Waals surface area contributed by atoms with E-state index in [1.54, 1.807) is 0 Å². The third-order valence-corrected chi connectivity index (χ3v) is 2.56. The molecule has 0 aromatic heterocycles. The van der Waals surface area contributed by atoms with Gasteiger partial charge in [-0.05, 0) is 55.5 Å². The molecule has 0 spiro atoms. The molecule has 1 aromatic carbocycles. The summed E-state index contributed by atoms with van der Waals surface area (Å²) in [6.45, 7) is 5.69. The van der Waals surface area contributed by atoms with Crippen LogP contribution in [-0.4, -0.2) is 17.1 Å². The van der Waals surface area contributed by atoms with Crippen molar-refractivity contribution in [2.75, 3.05) is 5.32 Å². The van der Waals surface area contributed by atoms with Crippen LogP contribution >= 0.6 is 22.6 Å². The number of ether oxygens (including phenoxy) is 1. The highest BCUT2D eigenvalue weighted by Gasteiger charge is 2.16. The van der Waals surface area contributed by atoms with Crippen molar-refractivity contribution in [3.63, 3.8) is 0 Å². The second-order valence-electron chi connectivity index (χ2n) is 4.21. The lowest BCUT2D eigenvalue weighted by Crippen LogP contribution is -2.32. The van der Waals surface area contributed by atoms with E-state index >= 15 is 0 Å². The summed E-state index contributed by atoms with van der Waals surface area (Å²) in [5.41, 5.74) is 0.502. The van der Waals surface area contributed by atoms with E-state index in [-0.39, 0.29) is 5.60 Å². The van der Waals surface area contributed by atoms with Crippen molar-refractivity contribution in [3.8, 4) is 0 Å². The number of para-hydroxylation sites is 1. The molecule has 4 heteroatoms. The van der Waals surface area contributed by atoms with Gasteiger partial charge in [-0.1, -0.05) is 12.1 Å². The van der Waals surface area contributed by atoms with Crippen LogP contribution in [0.3, 0.4) is 0 Å². The first-order valence-corrected chi connectivity index (χ1v) is 5.83. The van der Waals surface area contributed by atoms with Crippen LogP contribution in [0.4, 0.5) is 5.69 Å². The van der Waals surface area contributed by atoms with Gasteiger partial charge in [0, 0.05) is 3.57 Å². The summed E-state index contributed by atoms with van der Waals surface area (Å²) in [6, 6.07) is 7.72. The maximum Gasteiger partial charge on any atom is 0.235 e. The first-order valence-electron chi connectivity index (χ1n) is 4.75. The molecule has 0 radical (unpaired) electrons. The monoisotopic (exact) mass is 321 g/mol. The summed E-state index contributed by atoms with van der Waals surface area (Å²) in [4.78, 5) is 0. The van der Waals surface area contributed by atoms with Gasteiger partial charge in [-0.15, -0.1) is 0 Å². The van der Waals surface area contributed by atoms with Gasteiger partial charge in [-0.3, -0.25) is 0 Å². The van der Waals surface area contributed by atoms with Crippen LogP contribution in [0.1, 0.15) is 20.8 Å². The van der Waals surface area contributed by atoms with Gasteiger partial charge in [-0.25, -0.2) is 0 Å². The average molecular weight is 321 g/mol. The van der Waals surface area contributed by atoms with Crippen molar-refractivity contribution in [1.82, 2.24) is 0 Å². The fraction of sp³-hybridized carbons (Fsp3) is 0.455. The molecule has 2 N–H and O–H groups in total. The summed E-state index contributed by atoms with van der Waals surface area (Å²) in [7, 11) is 0. The number of hydrogen-bond acceptors (Lipinski definition) is 3. The summed E-state index contributed by atoms with van der Waals surface area (Å²) >= 11 is 2.20. The molecule has 0 saturated heterocycles. The zero-order chi connectivity index (χ0) is 11.5. The van der Waals surface area contributed by atoms with Gasteiger partial charge >= 0.3 is 0 Å². The zero-order valence-corrected chi connectivity index (χ0v) is 11.3. The van der Waals surface area contributed by atoms with Crippen LogP contribution in [0.25, 0.3) is 0 Å². The Balaban J connectivity index is 2.59. The quantitative estimate of drug-likeness (QED) is 0.664. The third-order valence-electron chi connectivity index (χ3n) is 1.62. The summed E-state index contributed by atoms with van der Waals surface area (Å²) in [5.74, 6) is 0. The molecule has 0 saturated carbocycles. The molecule has 84 valence electrons. The van der Waals surface area contributed by atoms with E-state index in [4.69, 9.17) is 4.74 Å². The molecule has 15 heavy (non-hydrogen) atoms. The van der Waals surface area contributed by atoms with Gasteiger partial charge < -0.3 is 15.2 Å². The summed E-state index contributed by atoms with van der Waals surface area (Å²) in [5, 5.41) is 12.5. The Morgan fingerprint density at radius 3 is 2.47 bits per heavy atom. The fourth-order valence-corrected chi connectivity index (χ4v) is 1.62. The zero-order valence-electron chi connectivity index (χ0n) is 9.12. The molecule has 0 bridgehead atoms. The van der Waals surface area contributed by atoms with Gasteiger partial charge in [-0.2, -0.15) is 0 Å². The minimum Gasteiger partial charge on any atom is -0.351 e. The van der Waals surface area contributed by atoms with E-state index in [2.05, 4.69) is 27.9 Å². The molecular formula is C11H16INO2. The number of benzene rings is 1. The van der Waals surface area contributed by atoms with E-state index in [0.29, 0.717) is 0 Å². The Labute approximate surface area is 104 Å². The molecule has 0 aliphatic rings. The maximum absolute atomic E-state index is 9.63. The predicted molar refractivity (Wildman–Crippen MR) is 69.6 cm³/mol. The van der Waals surface area contributed by atoms with E-state index < -0.39 is 6.41 Å². The minimum atomic E-state index is -0.985. The molecule has 0 heterocycles. The van der Waals surface area contributed by atoms with Crippen molar-refractivity contribution < 1.29 is 9.84 Å². The van der Waals surface area contributed by atoms with Gasteiger partial charge in [0.2, 0.25) is 6.41 Å². The van der Waals surface area contributed by atoms with E-state index in [0.717, 1.165) is 9.26 Å². The molecule has 1 rings (SSSR count). The number of rotatable bonds is 3. The minimum absolute atomic E-state index is 0.368. The molecule has 1 atom stereocenters. The van der Waals surface area contributed by atoms with Crippen molar-refractivity contribution in [2.45, 2.75) is 32.8 Å². The lowest BCUT2D eigenvalue weighted by molar-refractivity contribution is -0.148. The molecule has 3 nitrogen and oxygen atoms in total. The Hall–Kier alpha value is -0.330. The SMILES string of the molecule is CC(C)(C)OC(O)Nc1ccccc1I. The molecule has 0 aliphatic carbocycles. The van der Waals surface area contributed by atoms with Crippen molar-refractivity contribution in [2.24, 2.45) is 0 Å². The molecule has 1 unspecified atom stereocenters. The van der Waals surface area contributed by atoms with Crippen molar-refractivity contribution in [1.29, 1.82) is 0 Å². The highest BCUT2D eigenvalue weighted by atomic mass is 127. The van der Waals surface area contributed by atoms with Crippen LogP contribution < -0.4 is 5.32 Å². The highest BCUT2D eigenvalue weighted by Crippen LogP contribution is 2.19. The Bertz CT molecular complexity index is 323. The topological polar surface area (TPSA) is 41.5 Å². The smallest absolute Gasteiger partial charge is 0.235 e. The first-order chi connectivity index (χ1) is 6.88. The first kappa shape index (κ1) is 12.7. The second kappa shape index (κ2) is 5.14. The van der Waals surface area contributed by atoms with Crippen molar-refractivity contribution in [3.05, 3.63) is 27.8 Å². The Kier molecular flexibility index (Phi) is 4.36. The number of aliphatic hydroxyl groups is 1. The number of aliphatic hydroxyl groups excluding tert-OH is 1. The molecular weight excluding hydrogens is 305 g/mol. The van der Waals surface area contributed by atoms with E-state index in [1.807, 2.05) is 45.0 Å². The van der Waals surface area contributed by atoms with Crippen LogP contribution in [0.5, 0.6) is 0 Å². The van der Waals surface area contributed by atoms with Crippen LogP contribution in [0, 0.1) is 3.57 Å². The maximum atomic E-state index is 9.63. The van der Waals surface area contributed by atoms with E-state index in [1.165, 1.54) is 0 Å². The Morgan fingerprint density at radius 2 is 1.93 bits per heavy atom. The number of halogens is 1. The number of hydrogen-bond donors (Lipinski definition) is 2.